The summed E-state index contributed by atoms with van der Waals surface area (Å²) in [5, 5.41) is 32.4. The predicted octanol–water partition coefficient (Wildman–Crippen LogP) is -3.91. The standard InChI is InChI=1S/C18H18N6O8S3.Na/c25-13(9-4-2-1-3-5-9)14(26)19-11-15(27)24-12(17(28)29)10(6-33-16(11)24)7-34-18-20-21-22-23(18)8-35(30,31)32;/h1-5,11,13,16,25H,6-8H2,(H,19,26)(H,28,29)(H,30,31,32);/q;+1/t11?,13-,16-;/m1./s1. The molecule has 0 radical (unpaired) electrons. The van der Waals surface area contributed by atoms with Crippen LogP contribution in [0.5, 0.6) is 0 Å². The largest absolute Gasteiger partial charge is 1.00 e. The Kier molecular flexibility index (Phi) is 9.20. The van der Waals surface area contributed by atoms with Crippen molar-refractivity contribution >= 4 is 51.4 Å². The third-order valence-electron chi connectivity index (χ3n) is 5.07. The van der Waals surface area contributed by atoms with Gasteiger partial charge in [0.2, 0.25) is 5.16 Å². The van der Waals surface area contributed by atoms with E-state index in [1.54, 1.807) is 30.3 Å². The molecule has 14 nitrogen and oxygen atoms in total. The number of fused-ring (bicyclic) bond motifs is 1. The van der Waals surface area contributed by atoms with Gasteiger partial charge in [0.05, 0.1) is 0 Å². The van der Waals surface area contributed by atoms with Crippen LogP contribution in [-0.2, 0) is 30.4 Å². The molecular formula is C18H18N6NaO8S3+. The van der Waals surface area contributed by atoms with Gasteiger partial charge in [-0.2, -0.15) is 8.42 Å². The van der Waals surface area contributed by atoms with E-state index in [2.05, 4.69) is 20.8 Å². The van der Waals surface area contributed by atoms with Gasteiger partial charge in [0.1, 0.15) is 17.1 Å². The molecule has 0 aliphatic carbocycles. The number of aliphatic carboxylic acids is 1. The van der Waals surface area contributed by atoms with Crippen molar-refractivity contribution in [1.29, 1.82) is 0 Å². The Morgan fingerprint density at radius 2 is 1.97 bits per heavy atom. The molecule has 2 aromatic rings. The van der Waals surface area contributed by atoms with Crippen molar-refractivity contribution in [1.82, 2.24) is 30.4 Å². The van der Waals surface area contributed by atoms with E-state index in [9.17, 15) is 33.0 Å². The van der Waals surface area contributed by atoms with E-state index in [0.29, 0.717) is 11.1 Å². The van der Waals surface area contributed by atoms with Crippen molar-refractivity contribution in [3.8, 4) is 0 Å². The van der Waals surface area contributed by atoms with Crippen LogP contribution in [-0.4, -0.2) is 89.0 Å². The van der Waals surface area contributed by atoms with Crippen LogP contribution in [0.2, 0.25) is 0 Å². The maximum atomic E-state index is 12.8. The van der Waals surface area contributed by atoms with Gasteiger partial charge in [-0.15, -0.1) is 16.9 Å². The number of carbonyl (C=O) groups is 3. The van der Waals surface area contributed by atoms with Crippen molar-refractivity contribution in [2.24, 2.45) is 0 Å². The zero-order chi connectivity index (χ0) is 25.3. The van der Waals surface area contributed by atoms with Gasteiger partial charge in [-0.1, -0.05) is 42.1 Å². The van der Waals surface area contributed by atoms with E-state index in [1.165, 1.54) is 11.8 Å². The number of hydrogen-bond acceptors (Lipinski definition) is 11. The van der Waals surface area contributed by atoms with Crippen LogP contribution in [0.3, 0.4) is 0 Å². The van der Waals surface area contributed by atoms with Gasteiger partial charge in [-0.3, -0.25) is 19.0 Å². The second-order valence-corrected chi connectivity index (χ2v) is 10.9. The molecule has 18 heteroatoms. The van der Waals surface area contributed by atoms with Crippen molar-refractivity contribution < 1.29 is 67.1 Å². The number of carbonyl (C=O) groups excluding carboxylic acids is 2. The second-order valence-electron chi connectivity index (χ2n) is 7.43. The van der Waals surface area contributed by atoms with Crippen LogP contribution in [0.15, 0.2) is 46.8 Å². The number of aliphatic hydroxyl groups excluding tert-OH is 1. The van der Waals surface area contributed by atoms with Crippen LogP contribution in [0.1, 0.15) is 11.7 Å². The molecule has 1 aromatic carbocycles. The fourth-order valence-electron chi connectivity index (χ4n) is 3.50. The van der Waals surface area contributed by atoms with E-state index < -0.39 is 51.3 Å². The van der Waals surface area contributed by atoms with E-state index >= 15 is 0 Å². The van der Waals surface area contributed by atoms with Gasteiger partial charge in [-0.05, 0) is 21.6 Å². The maximum absolute atomic E-state index is 12.8. The number of hydrogen-bond donors (Lipinski definition) is 4. The fourth-order valence-corrected chi connectivity index (χ4v) is 6.43. The summed E-state index contributed by atoms with van der Waals surface area (Å²) >= 11 is 2.17. The normalized spacial score (nSPS) is 20.2. The van der Waals surface area contributed by atoms with Crippen LogP contribution >= 0.6 is 23.5 Å². The molecule has 1 saturated heterocycles. The smallest absolute Gasteiger partial charge is 0.477 e. The summed E-state index contributed by atoms with van der Waals surface area (Å²) in [6, 6.07) is 7.17. The van der Waals surface area contributed by atoms with Crippen LogP contribution in [0.4, 0.5) is 0 Å². The van der Waals surface area contributed by atoms with E-state index in [4.69, 9.17) is 4.55 Å². The Labute approximate surface area is 234 Å². The molecule has 2 aliphatic rings. The molecule has 0 saturated carbocycles. The Bertz CT molecular complexity index is 1300. The summed E-state index contributed by atoms with van der Waals surface area (Å²) in [6.45, 7) is 0. The molecule has 0 bridgehead atoms. The summed E-state index contributed by atoms with van der Waals surface area (Å²) in [6.07, 6.45) is -1.48. The Hall–Kier alpha value is -1.99. The average Bonchev–Trinajstić information content (AvgIpc) is 3.25. The molecule has 1 unspecified atom stereocenters. The van der Waals surface area contributed by atoms with Crippen molar-refractivity contribution in [2.45, 2.75) is 28.6 Å². The number of carboxylic acids is 1. The Morgan fingerprint density at radius 3 is 2.61 bits per heavy atom. The minimum atomic E-state index is -4.40. The summed E-state index contributed by atoms with van der Waals surface area (Å²) < 4.78 is 32.0. The van der Waals surface area contributed by atoms with Crippen molar-refractivity contribution in [3.05, 3.63) is 47.2 Å². The Balaban J connectivity index is 0.00000361. The molecule has 2 amide bonds. The molecule has 186 valence electrons. The van der Waals surface area contributed by atoms with Gasteiger partial charge >= 0.3 is 35.5 Å². The minimum absolute atomic E-state index is 0. The fraction of sp³-hybridized carbons (Fsp3) is 0.333. The monoisotopic (exact) mass is 565 g/mol. The molecule has 3 heterocycles. The summed E-state index contributed by atoms with van der Waals surface area (Å²) in [7, 11) is -4.40. The number of nitrogens with zero attached hydrogens (tertiary/aromatic N) is 5. The van der Waals surface area contributed by atoms with Gasteiger partial charge in [0, 0.05) is 11.5 Å². The third kappa shape index (κ3) is 6.10. The van der Waals surface area contributed by atoms with Crippen molar-refractivity contribution in [2.75, 3.05) is 11.5 Å². The van der Waals surface area contributed by atoms with Crippen LogP contribution in [0, 0.1) is 0 Å². The number of β-lactam (4-membered cyclic amide) rings is 1. The zero-order valence-corrected chi connectivity index (χ0v) is 23.0. The topological polar surface area (TPSA) is 205 Å². The quantitative estimate of drug-likeness (QED) is 0.0994. The van der Waals surface area contributed by atoms with E-state index in [1.807, 2.05) is 0 Å². The number of thioether (sulfide) groups is 2. The number of carboxylic acid groups (broad SMARTS) is 1. The average molecular weight is 566 g/mol. The summed E-state index contributed by atoms with van der Waals surface area (Å²) in [5.74, 6) is -3.39. The number of nitrogens with one attached hydrogen (secondary N) is 1. The first-order valence-corrected chi connectivity index (χ1v) is 13.5. The molecule has 4 N–H and O–H groups in total. The summed E-state index contributed by atoms with van der Waals surface area (Å²) in [4.78, 5) is 38.3. The van der Waals surface area contributed by atoms with Gasteiger partial charge < -0.3 is 15.5 Å². The second kappa shape index (κ2) is 11.6. The molecule has 36 heavy (non-hydrogen) atoms. The van der Waals surface area contributed by atoms with Crippen molar-refractivity contribution in [3.63, 3.8) is 0 Å². The first-order valence-electron chi connectivity index (χ1n) is 9.84. The summed E-state index contributed by atoms with van der Waals surface area (Å²) in [5.41, 5.74) is 0.480. The number of benzene rings is 1. The molecule has 1 aromatic heterocycles. The molecule has 2 aliphatic heterocycles. The van der Waals surface area contributed by atoms with Gasteiger partial charge in [-0.25, -0.2) is 9.48 Å². The number of tetrazole rings is 1. The third-order valence-corrected chi connectivity index (χ3v) is 8.03. The molecule has 0 spiro atoms. The number of aliphatic hydroxyl groups is 1. The van der Waals surface area contributed by atoms with E-state index in [-0.39, 0.29) is 51.9 Å². The predicted molar refractivity (Wildman–Crippen MR) is 121 cm³/mol. The number of rotatable bonds is 9. The molecule has 1 fully saturated rings. The van der Waals surface area contributed by atoms with Crippen LogP contribution < -0.4 is 34.9 Å². The first kappa shape index (κ1) is 28.6. The molecular weight excluding hydrogens is 547 g/mol. The zero-order valence-electron chi connectivity index (χ0n) is 18.6. The minimum Gasteiger partial charge on any atom is -0.477 e. The number of amides is 2. The van der Waals surface area contributed by atoms with Gasteiger partial charge in [0.25, 0.3) is 21.9 Å². The Morgan fingerprint density at radius 1 is 1.28 bits per heavy atom. The molecule has 4 rings (SSSR count). The SMILES string of the molecule is O=C(O)C1=C(CSc2nnnn2CS(=O)(=O)O)CS[C@@H]2C(NC(=O)[C@H](O)c3ccccc3)C(=O)N12.[Na+]. The van der Waals surface area contributed by atoms with Gasteiger partial charge in [0.15, 0.2) is 12.0 Å². The van der Waals surface area contributed by atoms with E-state index in [0.717, 1.165) is 21.3 Å². The number of aromatic nitrogens is 4. The van der Waals surface area contributed by atoms with Crippen LogP contribution in [0.25, 0.3) is 0 Å². The maximum Gasteiger partial charge on any atom is 1.00 e. The molecule has 3 atom stereocenters. The first-order chi connectivity index (χ1) is 16.6.